The summed E-state index contributed by atoms with van der Waals surface area (Å²) >= 11 is 0. The Labute approximate surface area is 180 Å². The highest BCUT2D eigenvalue weighted by Gasteiger charge is 2.28. The van der Waals surface area contributed by atoms with Gasteiger partial charge in [0.1, 0.15) is 29.1 Å². The number of hydrogen-bond donors (Lipinski definition) is 1. The first-order chi connectivity index (χ1) is 15.5. The number of anilines is 2. The average Bonchev–Trinajstić information content (AvgIpc) is 3.17. The van der Waals surface area contributed by atoms with Gasteiger partial charge < -0.3 is 14.5 Å². The summed E-state index contributed by atoms with van der Waals surface area (Å²) in [5.74, 6) is 0.667. The van der Waals surface area contributed by atoms with E-state index < -0.39 is 12.8 Å². The molecule has 5 aromatic rings. The third-order valence-corrected chi connectivity index (χ3v) is 4.88. The van der Waals surface area contributed by atoms with Crippen LogP contribution in [0.2, 0.25) is 0 Å². The Morgan fingerprint density at radius 1 is 0.875 bits per heavy atom. The second kappa shape index (κ2) is 7.88. The number of nitrogens with zero attached hydrogens (tertiary/aromatic N) is 2. The van der Waals surface area contributed by atoms with Crippen molar-refractivity contribution in [3.63, 3.8) is 0 Å². The summed E-state index contributed by atoms with van der Waals surface area (Å²) in [7, 11) is 0. The van der Waals surface area contributed by atoms with E-state index in [1.54, 1.807) is 18.2 Å². The molecule has 0 fully saturated rings. The number of alkyl halides is 3. The maximum atomic E-state index is 12.3. The van der Waals surface area contributed by atoms with Crippen molar-refractivity contribution in [1.29, 1.82) is 0 Å². The Kier molecular flexibility index (Phi) is 4.89. The monoisotopic (exact) mass is 435 g/mol. The maximum absolute atomic E-state index is 12.3. The predicted octanol–water partition coefficient (Wildman–Crippen LogP) is 6.73. The van der Waals surface area contributed by atoms with Crippen LogP contribution in [0.25, 0.3) is 33.2 Å². The molecule has 1 N–H and O–H groups in total. The van der Waals surface area contributed by atoms with Crippen molar-refractivity contribution >= 4 is 33.4 Å². The van der Waals surface area contributed by atoms with Crippen molar-refractivity contribution in [3.05, 3.63) is 79.1 Å². The molecule has 2 heterocycles. The second-order valence-electron chi connectivity index (χ2n) is 7.12. The number of fused-ring (bicyclic) bond motifs is 3. The summed E-state index contributed by atoms with van der Waals surface area (Å²) < 4.78 is 47.7. The molecule has 32 heavy (non-hydrogen) atoms. The van der Waals surface area contributed by atoms with E-state index in [0.29, 0.717) is 17.2 Å². The summed E-state index contributed by atoms with van der Waals surface area (Å²) in [6.45, 7) is -1.33. The van der Waals surface area contributed by atoms with Crippen LogP contribution in [0.4, 0.5) is 24.7 Å². The molecule has 0 saturated carbocycles. The zero-order chi connectivity index (χ0) is 22.1. The fourth-order valence-corrected chi connectivity index (χ4v) is 3.47. The van der Waals surface area contributed by atoms with Crippen LogP contribution >= 0.6 is 0 Å². The van der Waals surface area contributed by atoms with Crippen molar-refractivity contribution in [2.75, 3.05) is 11.9 Å². The topological polar surface area (TPSA) is 60.2 Å². The van der Waals surface area contributed by atoms with E-state index in [2.05, 4.69) is 15.3 Å². The number of benzene rings is 3. The lowest BCUT2D eigenvalue weighted by atomic mass is 10.1. The fourth-order valence-electron chi connectivity index (χ4n) is 3.47. The lowest BCUT2D eigenvalue weighted by Gasteiger charge is -2.10. The minimum absolute atomic E-state index is 0.132. The first kappa shape index (κ1) is 19.9. The van der Waals surface area contributed by atoms with E-state index in [0.717, 1.165) is 27.5 Å². The minimum Gasteiger partial charge on any atom is -0.484 e. The molecule has 5 rings (SSSR count). The zero-order valence-corrected chi connectivity index (χ0v) is 16.6. The Bertz CT molecular complexity index is 1400. The van der Waals surface area contributed by atoms with E-state index >= 15 is 0 Å². The van der Waals surface area contributed by atoms with Gasteiger partial charge in [-0.15, -0.1) is 0 Å². The van der Waals surface area contributed by atoms with Gasteiger partial charge in [0.15, 0.2) is 6.61 Å². The number of aromatic nitrogens is 2. The number of rotatable bonds is 5. The Hall–Kier alpha value is -4.07. The molecule has 0 spiro atoms. The highest BCUT2D eigenvalue weighted by molar-refractivity contribution is 6.09. The highest BCUT2D eigenvalue weighted by Crippen LogP contribution is 2.35. The first-order valence-electron chi connectivity index (χ1n) is 9.76. The van der Waals surface area contributed by atoms with Crippen molar-refractivity contribution in [2.24, 2.45) is 0 Å². The van der Waals surface area contributed by atoms with Gasteiger partial charge in [-0.1, -0.05) is 30.3 Å². The normalized spacial score (nSPS) is 11.7. The molecule has 0 aliphatic carbocycles. The first-order valence-corrected chi connectivity index (χ1v) is 9.76. The minimum atomic E-state index is -4.38. The number of nitrogens with one attached hydrogen (secondary N) is 1. The van der Waals surface area contributed by atoms with Gasteiger partial charge in [-0.25, -0.2) is 9.97 Å². The number of furan rings is 1. The molecule has 0 bridgehead atoms. The molecule has 0 unspecified atom stereocenters. The molecule has 3 aromatic carbocycles. The Balaban J connectivity index is 1.41. The molecule has 0 aliphatic rings. The van der Waals surface area contributed by atoms with Crippen LogP contribution in [-0.4, -0.2) is 22.8 Å². The predicted molar refractivity (Wildman–Crippen MR) is 116 cm³/mol. The molecule has 0 amide bonds. The lowest BCUT2D eigenvalue weighted by molar-refractivity contribution is -0.153. The van der Waals surface area contributed by atoms with Gasteiger partial charge in [0.2, 0.25) is 0 Å². The van der Waals surface area contributed by atoms with Crippen LogP contribution < -0.4 is 10.1 Å². The lowest BCUT2D eigenvalue weighted by Crippen LogP contribution is -2.19. The molecule has 0 saturated heterocycles. The summed E-state index contributed by atoms with van der Waals surface area (Å²) in [5.41, 5.74) is 3.70. The van der Waals surface area contributed by atoms with Crippen LogP contribution in [0.1, 0.15) is 0 Å². The molecule has 0 atom stereocenters. The summed E-state index contributed by atoms with van der Waals surface area (Å²) in [6, 6.07) is 21.7. The maximum Gasteiger partial charge on any atom is 0.422 e. The zero-order valence-electron chi connectivity index (χ0n) is 16.6. The van der Waals surface area contributed by atoms with Crippen LogP contribution in [0.15, 0.2) is 83.5 Å². The summed E-state index contributed by atoms with van der Waals surface area (Å²) in [5, 5.41) is 5.16. The number of halogens is 3. The van der Waals surface area contributed by atoms with Crippen molar-refractivity contribution in [1.82, 2.24) is 9.97 Å². The van der Waals surface area contributed by atoms with Gasteiger partial charge >= 0.3 is 6.18 Å². The van der Waals surface area contributed by atoms with Crippen molar-refractivity contribution in [3.8, 4) is 17.0 Å². The van der Waals surface area contributed by atoms with E-state index in [-0.39, 0.29) is 5.75 Å². The van der Waals surface area contributed by atoms with Gasteiger partial charge in [-0.3, -0.25) is 0 Å². The molecule has 5 nitrogen and oxygen atoms in total. The van der Waals surface area contributed by atoms with Gasteiger partial charge in [-0.2, -0.15) is 13.2 Å². The van der Waals surface area contributed by atoms with Gasteiger partial charge in [0, 0.05) is 28.1 Å². The number of para-hydroxylation sites is 2. The molecule has 0 aliphatic heterocycles. The molecule has 8 heteroatoms. The standard InChI is InChI=1S/C24H16F3N3O2/c25-24(26,27)13-31-16-10-8-15(9-11-16)30-22-12-20(28-14-29-22)19-6-3-5-18-17-4-1-2-7-21(17)32-23(18)19/h1-12,14H,13H2,(H,28,29,30). The van der Waals surface area contributed by atoms with Crippen LogP contribution in [-0.2, 0) is 0 Å². The molecule has 160 valence electrons. The Morgan fingerprint density at radius 3 is 2.47 bits per heavy atom. The Morgan fingerprint density at radius 2 is 1.66 bits per heavy atom. The van der Waals surface area contributed by atoms with E-state index in [9.17, 15) is 13.2 Å². The molecular formula is C24H16F3N3O2. The average molecular weight is 435 g/mol. The largest absolute Gasteiger partial charge is 0.484 e. The van der Waals surface area contributed by atoms with Crippen LogP contribution in [0, 0.1) is 0 Å². The van der Waals surface area contributed by atoms with Gasteiger partial charge in [0.05, 0.1) is 5.69 Å². The van der Waals surface area contributed by atoms with Gasteiger partial charge in [0.25, 0.3) is 0 Å². The third-order valence-electron chi connectivity index (χ3n) is 4.88. The van der Waals surface area contributed by atoms with E-state index in [1.165, 1.54) is 18.5 Å². The smallest absolute Gasteiger partial charge is 0.422 e. The molecule has 2 aromatic heterocycles. The third kappa shape index (κ3) is 4.07. The SMILES string of the molecule is FC(F)(F)COc1ccc(Nc2cc(-c3cccc4c3oc3ccccc34)ncn2)cc1. The second-order valence-corrected chi connectivity index (χ2v) is 7.12. The highest BCUT2D eigenvalue weighted by atomic mass is 19.4. The molecule has 0 radical (unpaired) electrons. The van der Waals surface area contributed by atoms with Gasteiger partial charge in [-0.05, 0) is 36.4 Å². The van der Waals surface area contributed by atoms with Crippen LogP contribution in [0.5, 0.6) is 5.75 Å². The van der Waals surface area contributed by atoms with E-state index in [4.69, 9.17) is 9.15 Å². The summed E-state index contributed by atoms with van der Waals surface area (Å²) in [4.78, 5) is 8.64. The number of hydrogen-bond acceptors (Lipinski definition) is 5. The van der Waals surface area contributed by atoms with Crippen molar-refractivity contribution < 1.29 is 22.3 Å². The van der Waals surface area contributed by atoms with E-state index in [1.807, 2.05) is 42.5 Å². The number of ether oxygens (including phenoxy) is 1. The molecular weight excluding hydrogens is 419 g/mol. The fraction of sp³-hybridized carbons (Fsp3) is 0.0833. The quantitative estimate of drug-likeness (QED) is 0.332. The van der Waals surface area contributed by atoms with Crippen LogP contribution in [0.3, 0.4) is 0 Å². The summed E-state index contributed by atoms with van der Waals surface area (Å²) in [6.07, 6.45) is -2.93. The van der Waals surface area contributed by atoms with Crippen molar-refractivity contribution in [2.45, 2.75) is 6.18 Å².